The number of ether oxygens (including phenoxy) is 3. The summed E-state index contributed by atoms with van der Waals surface area (Å²) in [5, 5.41) is 15.6. The van der Waals surface area contributed by atoms with Gasteiger partial charge in [-0.3, -0.25) is 15.2 Å². The van der Waals surface area contributed by atoms with Gasteiger partial charge in [-0.25, -0.2) is 14.8 Å². The molecule has 0 fully saturated rings. The highest BCUT2D eigenvalue weighted by Gasteiger charge is 2.23. The SMILES string of the molecule is C=Cc1cc(OCCOC)cc([C@H](Nc2ccc(C(=N)N)c(OC(C)=O)c2)c2nn(-c3ncccn3)c(=O)[nH]2)c1. The number of aromatic nitrogens is 5. The summed E-state index contributed by atoms with van der Waals surface area (Å²) in [5.41, 5.74) is 7.30. The van der Waals surface area contributed by atoms with E-state index in [0.29, 0.717) is 30.2 Å². The second-order valence-electron chi connectivity index (χ2n) is 8.45. The number of carbonyl (C=O) groups excluding carboxylic acids is 1. The molecule has 0 unspecified atom stereocenters. The lowest BCUT2D eigenvalue weighted by Gasteiger charge is -2.21. The second kappa shape index (κ2) is 12.5. The summed E-state index contributed by atoms with van der Waals surface area (Å²) in [6.07, 6.45) is 4.68. The summed E-state index contributed by atoms with van der Waals surface area (Å²) in [7, 11) is 1.58. The molecule has 0 amide bonds. The highest BCUT2D eigenvalue weighted by atomic mass is 16.5. The number of rotatable bonds is 12. The third-order valence-electron chi connectivity index (χ3n) is 5.56. The van der Waals surface area contributed by atoms with Gasteiger partial charge in [0.15, 0.2) is 5.82 Å². The van der Waals surface area contributed by atoms with E-state index in [2.05, 4.69) is 31.9 Å². The van der Waals surface area contributed by atoms with Crippen LogP contribution in [0.5, 0.6) is 11.5 Å². The Morgan fingerprint density at radius 2 is 2.00 bits per heavy atom. The first kappa shape index (κ1) is 27.7. The summed E-state index contributed by atoms with van der Waals surface area (Å²) in [6.45, 7) is 5.84. The number of nitrogens with two attached hydrogens (primary N) is 1. The topological polar surface area (TPSA) is 183 Å². The van der Waals surface area contributed by atoms with Crippen LogP contribution in [0, 0.1) is 5.41 Å². The van der Waals surface area contributed by atoms with Crippen LogP contribution in [0.15, 0.2) is 66.2 Å². The molecule has 5 N–H and O–H groups in total. The standard InChI is InChI=1S/C27H28N8O5/c1-4-17-12-18(14-20(13-17)39-11-10-38-3)23(25-33-27(37)35(34-25)26-30-8-5-9-31-26)32-19-6-7-21(24(28)29)22(15-19)40-16(2)36/h4-9,12-15,23,32H,1,10-11H2,2-3H3,(H3,28,29)(H,33,34,37)/t23-/m0/s1. The number of anilines is 1. The van der Waals surface area contributed by atoms with Gasteiger partial charge < -0.3 is 25.3 Å². The molecule has 40 heavy (non-hydrogen) atoms. The Hall–Kier alpha value is -5.30. The lowest BCUT2D eigenvalue weighted by atomic mass is 10.0. The van der Waals surface area contributed by atoms with Crippen molar-refractivity contribution in [3.63, 3.8) is 0 Å². The van der Waals surface area contributed by atoms with Crippen LogP contribution in [-0.2, 0) is 9.53 Å². The Kier molecular flexibility index (Phi) is 8.66. The number of H-pyrrole nitrogens is 1. The number of nitrogen functional groups attached to an aromatic ring is 1. The van der Waals surface area contributed by atoms with Crippen LogP contribution in [0.4, 0.5) is 5.69 Å². The molecular weight excluding hydrogens is 516 g/mol. The van der Waals surface area contributed by atoms with Crippen LogP contribution in [0.25, 0.3) is 12.0 Å². The van der Waals surface area contributed by atoms with Gasteiger partial charge in [0.25, 0.3) is 5.95 Å². The molecule has 0 spiro atoms. The summed E-state index contributed by atoms with van der Waals surface area (Å²) in [6, 6.07) is 11.1. The number of nitrogens with zero attached hydrogens (tertiary/aromatic N) is 4. The van der Waals surface area contributed by atoms with Gasteiger partial charge in [-0.15, -0.1) is 9.78 Å². The van der Waals surface area contributed by atoms with Gasteiger partial charge in [0.05, 0.1) is 12.2 Å². The van der Waals surface area contributed by atoms with E-state index in [4.69, 9.17) is 25.4 Å². The van der Waals surface area contributed by atoms with Gasteiger partial charge in [0.2, 0.25) is 0 Å². The molecule has 2 aromatic carbocycles. The third-order valence-corrected chi connectivity index (χ3v) is 5.56. The largest absolute Gasteiger partial charge is 0.491 e. The summed E-state index contributed by atoms with van der Waals surface area (Å²) >= 11 is 0. The van der Waals surface area contributed by atoms with Crippen molar-refractivity contribution in [3.05, 3.63) is 94.4 Å². The Morgan fingerprint density at radius 1 is 1.23 bits per heavy atom. The summed E-state index contributed by atoms with van der Waals surface area (Å²) in [5.74, 6) is 0.160. The minimum atomic E-state index is -0.740. The van der Waals surface area contributed by atoms with E-state index in [0.717, 1.165) is 10.2 Å². The molecule has 0 saturated carbocycles. The normalized spacial score (nSPS) is 11.4. The number of amidine groups is 1. The predicted octanol–water partition coefficient (Wildman–Crippen LogP) is 2.43. The number of hydrogen-bond donors (Lipinski definition) is 4. The predicted molar refractivity (Wildman–Crippen MR) is 148 cm³/mol. The number of esters is 1. The molecule has 0 radical (unpaired) electrons. The van der Waals surface area contributed by atoms with Crippen molar-refractivity contribution < 1.29 is 19.0 Å². The monoisotopic (exact) mass is 544 g/mol. The van der Waals surface area contributed by atoms with Gasteiger partial charge in [-0.1, -0.05) is 12.7 Å². The van der Waals surface area contributed by atoms with Crippen LogP contribution in [0.2, 0.25) is 0 Å². The Bertz CT molecular complexity index is 1580. The van der Waals surface area contributed by atoms with E-state index in [1.165, 1.54) is 25.4 Å². The lowest BCUT2D eigenvalue weighted by Crippen LogP contribution is -2.18. The van der Waals surface area contributed by atoms with E-state index in [-0.39, 0.29) is 28.9 Å². The van der Waals surface area contributed by atoms with Gasteiger partial charge >= 0.3 is 11.7 Å². The van der Waals surface area contributed by atoms with Gasteiger partial charge in [0.1, 0.15) is 30.0 Å². The van der Waals surface area contributed by atoms with Crippen molar-refractivity contribution in [1.82, 2.24) is 24.7 Å². The fourth-order valence-corrected chi connectivity index (χ4v) is 3.81. The van der Waals surface area contributed by atoms with Crippen LogP contribution in [-0.4, -0.2) is 56.9 Å². The Morgan fingerprint density at radius 3 is 2.67 bits per heavy atom. The molecule has 1 atom stereocenters. The molecule has 0 aliphatic heterocycles. The number of methoxy groups -OCH3 is 1. The Balaban J connectivity index is 1.82. The van der Waals surface area contributed by atoms with Crippen molar-refractivity contribution in [1.29, 1.82) is 5.41 Å². The van der Waals surface area contributed by atoms with Crippen LogP contribution in [0.3, 0.4) is 0 Å². The first-order valence-corrected chi connectivity index (χ1v) is 12.1. The molecule has 4 rings (SSSR count). The zero-order valence-corrected chi connectivity index (χ0v) is 21.9. The fraction of sp³-hybridized carbons (Fsp3) is 0.185. The number of nitrogens with one attached hydrogen (secondary N) is 3. The van der Waals surface area contributed by atoms with Crippen LogP contribution < -0.4 is 26.2 Å². The first-order valence-electron chi connectivity index (χ1n) is 12.1. The molecule has 0 aliphatic rings. The number of carbonyl (C=O) groups is 1. The van der Waals surface area contributed by atoms with E-state index < -0.39 is 17.7 Å². The van der Waals surface area contributed by atoms with E-state index in [1.807, 2.05) is 12.1 Å². The van der Waals surface area contributed by atoms with Crippen molar-refractivity contribution in [3.8, 4) is 17.4 Å². The fourth-order valence-electron chi connectivity index (χ4n) is 3.81. The minimum absolute atomic E-state index is 0.0973. The van der Waals surface area contributed by atoms with Crippen molar-refractivity contribution in [2.45, 2.75) is 13.0 Å². The minimum Gasteiger partial charge on any atom is -0.491 e. The quantitative estimate of drug-likeness (QED) is 0.0679. The zero-order valence-electron chi connectivity index (χ0n) is 21.9. The molecule has 0 saturated heterocycles. The number of benzene rings is 2. The molecule has 206 valence electrons. The highest BCUT2D eigenvalue weighted by molar-refractivity contribution is 5.98. The van der Waals surface area contributed by atoms with Crippen LogP contribution in [0.1, 0.15) is 35.5 Å². The molecular formula is C27H28N8O5. The zero-order chi connectivity index (χ0) is 28.6. The van der Waals surface area contributed by atoms with Gasteiger partial charge in [0, 0.05) is 38.2 Å². The van der Waals surface area contributed by atoms with Crippen molar-refractivity contribution in [2.75, 3.05) is 25.6 Å². The number of hydrogen-bond acceptors (Lipinski definition) is 10. The highest BCUT2D eigenvalue weighted by Crippen LogP contribution is 2.31. The summed E-state index contributed by atoms with van der Waals surface area (Å²) in [4.78, 5) is 35.6. The molecule has 4 aromatic rings. The number of aromatic amines is 1. The molecule has 2 heterocycles. The maximum atomic E-state index is 12.9. The van der Waals surface area contributed by atoms with Crippen molar-refractivity contribution >= 4 is 23.6 Å². The van der Waals surface area contributed by atoms with Crippen LogP contribution >= 0.6 is 0 Å². The Labute approximate surface area is 229 Å². The average Bonchev–Trinajstić information content (AvgIpc) is 3.32. The smallest absolute Gasteiger partial charge is 0.350 e. The third kappa shape index (κ3) is 6.57. The van der Waals surface area contributed by atoms with E-state index >= 15 is 0 Å². The average molecular weight is 545 g/mol. The summed E-state index contributed by atoms with van der Waals surface area (Å²) < 4.78 is 17.3. The maximum Gasteiger partial charge on any atom is 0.350 e. The molecule has 2 aromatic heterocycles. The molecule has 0 aliphatic carbocycles. The van der Waals surface area contributed by atoms with Crippen molar-refractivity contribution in [2.24, 2.45) is 5.73 Å². The second-order valence-corrected chi connectivity index (χ2v) is 8.45. The van der Waals surface area contributed by atoms with E-state index in [9.17, 15) is 9.59 Å². The van der Waals surface area contributed by atoms with Gasteiger partial charge in [-0.05, 0) is 47.5 Å². The van der Waals surface area contributed by atoms with Gasteiger partial charge in [-0.2, -0.15) is 0 Å². The lowest BCUT2D eigenvalue weighted by molar-refractivity contribution is -0.131. The maximum absolute atomic E-state index is 12.9. The molecule has 0 bridgehead atoms. The first-order chi connectivity index (χ1) is 19.3. The molecule has 13 heteroatoms. The van der Waals surface area contributed by atoms with E-state index in [1.54, 1.807) is 37.5 Å². The molecule has 13 nitrogen and oxygen atoms in total.